The van der Waals surface area contributed by atoms with E-state index in [-0.39, 0.29) is 12.1 Å². The molecule has 1 heterocycles. The Labute approximate surface area is 159 Å². The minimum atomic E-state index is -1.43. The van der Waals surface area contributed by atoms with E-state index < -0.39 is 23.3 Å². The Morgan fingerprint density at radius 2 is 1.61 bits per heavy atom. The van der Waals surface area contributed by atoms with E-state index in [9.17, 15) is 18.7 Å². The fourth-order valence-electron chi connectivity index (χ4n) is 3.20. The summed E-state index contributed by atoms with van der Waals surface area (Å²) >= 11 is 0. The summed E-state index contributed by atoms with van der Waals surface area (Å²) in [7, 11) is 0. The standard InChI is InChI=1S/C22H16F2N2O2/c23-15-10-11-19(24)18(12-15)20(27)13-26-22(28)17-9-5-4-8-16(17)21(25-26)14-6-2-1-3-7-14/h1-12,20,27H,13H2/t20-/m0/s1. The fourth-order valence-corrected chi connectivity index (χ4v) is 3.20. The molecule has 4 aromatic rings. The quantitative estimate of drug-likeness (QED) is 0.582. The molecule has 0 aliphatic carbocycles. The van der Waals surface area contributed by atoms with Crippen molar-refractivity contribution < 1.29 is 13.9 Å². The summed E-state index contributed by atoms with van der Waals surface area (Å²) in [5.74, 6) is -1.41. The van der Waals surface area contributed by atoms with Crippen LogP contribution in [0.2, 0.25) is 0 Å². The maximum absolute atomic E-state index is 14.0. The lowest BCUT2D eigenvalue weighted by atomic mass is 10.0. The Morgan fingerprint density at radius 1 is 0.929 bits per heavy atom. The van der Waals surface area contributed by atoms with Gasteiger partial charge in [0, 0.05) is 16.5 Å². The van der Waals surface area contributed by atoms with Gasteiger partial charge in [-0.05, 0) is 24.3 Å². The molecule has 1 aromatic heterocycles. The van der Waals surface area contributed by atoms with Crippen LogP contribution in [0.4, 0.5) is 8.78 Å². The summed E-state index contributed by atoms with van der Waals surface area (Å²) in [6.45, 7) is -0.302. The highest BCUT2D eigenvalue weighted by atomic mass is 19.1. The Balaban J connectivity index is 1.85. The smallest absolute Gasteiger partial charge is 0.274 e. The van der Waals surface area contributed by atoms with Gasteiger partial charge >= 0.3 is 0 Å². The lowest BCUT2D eigenvalue weighted by Crippen LogP contribution is -2.27. The summed E-state index contributed by atoms with van der Waals surface area (Å²) in [4.78, 5) is 12.9. The van der Waals surface area contributed by atoms with Crippen LogP contribution in [-0.4, -0.2) is 14.9 Å². The molecule has 1 atom stereocenters. The molecule has 0 amide bonds. The average Bonchev–Trinajstić information content (AvgIpc) is 2.72. The SMILES string of the molecule is O=c1c2ccccc2c(-c2ccccc2)nn1C[C@H](O)c1cc(F)ccc1F. The predicted octanol–water partition coefficient (Wildman–Crippen LogP) is 4.08. The van der Waals surface area contributed by atoms with Gasteiger partial charge in [-0.15, -0.1) is 0 Å². The molecule has 0 aliphatic rings. The number of rotatable bonds is 4. The van der Waals surface area contributed by atoms with Gasteiger partial charge in [0.1, 0.15) is 17.7 Å². The van der Waals surface area contributed by atoms with E-state index in [4.69, 9.17) is 0 Å². The molecule has 3 aromatic carbocycles. The molecule has 0 aliphatic heterocycles. The molecular weight excluding hydrogens is 362 g/mol. The lowest BCUT2D eigenvalue weighted by molar-refractivity contribution is 0.145. The van der Waals surface area contributed by atoms with Gasteiger partial charge in [0.15, 0.2) is 0 Å². The largest absolute Gasteiger partial charge is 0.386 e. The monoisotopic (exact) mass is 378 g/mol. The number of aliphatic hydroxyl groups is 1. The van der Waals surface area contributed by atoms with Crippen molar-refractivity contribution in [1.82, 2.24) is 9.78 Å². The summed E-state index contributed by atoms with van der Waals surface area (Å²) in [6, 6.07) is 19.2. The summed E-state index contributed by atoms with van der Waals surface area (Å²) in [5.41, 5.74) is 0.746. The van der Waals surface area contributed by atoms with Crippen LogP contribution >= 0.6 is 0 Å². The maximum Gasteiger partial charge on any atom is 0.274 e. The molecule has 0 saturated heterocycles. The molecule has 4 nitrogen and oxygen atoms in total. The van der Waals surface area contributed by atoms with Crippen molar-refractivity contribution in [2.24, 2.45) is 0 Å². The lowest BCUT2D eigenvalue weighted by Gasteiger charge is -2.15. The van der Waals surface area contributed by atoms with Crippen LogP contribution in [0.5, 0.6) is 0 Å². The van der Waals surface area contributed by atoms with Crippen molar-refractivity contribution in [2.75, 3.05) is 0 Å². The van der Waals surface area contributed by atoms with E-state index in [2.05, 4.69) is 5.10 Å². The molecule has 0 saturated carbocycles. The molecule has 0 fully saturated rings. The van der Waals surface area contributed by atoms with Crippen molar-refractivity contribution in [3.05, 3.63) is 100 Å². The number of nitrogens with zero attached hydrogens (tertiary/aromatic N) is 2. The van der Waals surface area contributed by atoms with Gasteiger partial charge in [0.25, 0.3) is 5.56 Å². The molecular formula is C22H16F2N2O2. The zero-order chi connectivity index (χ0) is 19.7. The first-order valence-corrected chi connectivity index (χ1v) is 8.73. The second-order valence-corrected chi connectivity index (χ2v) is 6.43. The number of aliphatic hydroxyl groups excluding tert-OH is 1. The molecule has 0 bridgehead atoms. The molecule has 140 valence electrons. The summed E-state index contributed by atoms with van der Waals surface area (Å²) in [5, 5.41) is 16.0. The van der Waals surface area contributed by atoms with Gasteiger partial charge in [0.2, 0.25) is 0 Å². The number of hydrogen-bond acceptors (Lipinski definition) is 3. The maximum atomic E-state index is 14.0. The third-order valence-corrected chi connectivity index (χ3v) is 4.58. The van der Waals surface area contributed by atoms with Crippen LogP contribution in [0.25, 0.3) is 22.0 Å². The Kier molecular flexibility index (Phi) is 4.71. The van der Waals surface area contributed by atoms with Crippen molar-refractivity contribution in [3.8, 4) is 11.3 Å². The van der Waals surface area contributed by atoms with Crippen molar-refractivity contribution in [1.29, 1.82) is 0 Å². The third kappa shape index (κ3) is 3.30. The Morgan fingerprint density at radius 3 is 2.36 bits per heavy atom. The van der Waals surface area contributed by atoms with E-state index in [1.165, 1.54) is 0 Å². The number of hydrogen-bond donors (Lipinski definition) is 1. The van der Waals surface area contributed by atoms with Gasteiger partial charge < -0.3 is 5.11 Å². The van der Waals surface area contributed by atoms with Crippen molar-refractivity contribution in [2.45, 2.75) is 12.6 Å². The topological polar surface area (TPSA) is 55.1 Å². The van der Waals surface area contributed by atoms with Gasteiger partial charge in [-0.25, -0.2) is 13.5 Å². The number of aromatic nitrogens is 2. The first kappa shape index (κ1) is 18.0. The van der Waals surface area contributed by atoms with E-state index in [1.54, 1.807) is 18.2 Å². The van der Waals surface area contributed by atoms with Crippen LogP contribution in [0.1, 0.15) is 11.7 Å². The van der Waals surface area contributed by atoms with Gasteiger partial charge in [-0.3, -0.25) is 4.79 Å². The number of halogens is 2. The van der Waals surface area contributed by atoms with E-state index in [0.717, 1.165) is 28.4 Å². The van der Waals surface area contributed by atoms with Crippen LogP contribution in [0.15, 0.2) is 77.6 Å². The zero-order valence-corrected chi connectivity index (χ0v) is 14.7. The van der Waals surface area contributed by atoms with Gasteiger partial charge in [0.05, 0.1) is 17.6 Å². The molecule has 6 heteroatoms. The molecule has 0 unspecified atom stereocenters. The first-order chi connectivity index (χ1) is 13.5. The second-order valence-electron chi connectivity index (χ2n) is 6.43. The minimum absolute atomic E-state index is 0.219. The molecule has 0 spiro atoms. The van der Waals surface area contributed by atoms with Crippen LogP contribution in [-0.2, 0) is 6.54 Å². The highest BCUT2D eigenvalue weighted by molar-refractivity contribution is 5.93. The molecule has 0 radical (unpaired) electrons. The minimum Gasteiger partial charge on any atom is -0.386 e. The first-order valence-electron chi connectivity index (χ1n) is 8.73. The highest BCUT2D eigenvalue weighted by Gasteiger charge is 2.18. The zero-order valence-electron chi connectivity index (χ0n) is 14.7. The normalized spacial score (nSPS) is 12.2. The highest BCUT2D eigenvalue weighted by Crippen LogP contribution is 2.25. The number of benzene rings is 3. The average molecular weight is 378 g/mol. The van der Waals surface area contributed by atoms with E-state index >= 15 is 0 Å². The Bertz CT molecular complexity index is 1210. The van der Waals surface area contributed by atoms with E-state index in [1.807, 2.05) is 36.4 Å². The third-order valence-electron chi connectivity index (χ3n) is 4.58. The summed E-state index contributed by atoms with van der Waals surface area (Å²) in [6.07, 6.45) is -1.43. The van der Waals surface area contributed by atoms with Gasteiger partial charge in [-0.2, -0.15) is 5.10 Å². The Hall–Kier alpha value is -3.38. The molecule has 28 heavy (non-hydrogen) atoms. The predicted molar refractivity (Wildman–Crippen MR) is 103 cm³/mol. The van der Waals surface area contributed by atoms with Crippen LogP contribution in [0, 0.1) is 11.6 Å². The number of fused-ring (bicyclic) bond motifs is 1. The van der Waals surface area contributed by atoms with E-state index in [0.29, 0.717) is 16.5 Å². The molecule has 1 N–H and O–H groups in total. The van der Waals surface area contributed by atoms with Crippen LogP contribution < -0.4 is 5.56 Å². The van der Waals surface area contributed by atoms with Crippen molar-refractivity contribution in [3.63, 3.8) is 0 Å². The van der Waals surface area contributed by atoms with Crippen molar-refractivity contribution >= 4 is 10.8 Å². The summed E-state index contributed by atoms with van der Waals surface area (Å²) < 4.78 is 28.5. The fraction of sp³-hybridized carbons (Fsp3) is 0.0909. The molecule has 4 rings (SSSR count). The second kappa shape index (κ2) is 7.32. The van der Waals surface area contributed by atoms with Crippen LogP contribution in [0.3, 0.4) is 0 Å². The van der Waals surface area contributed by atoms with Gasteiger partial charge in [-0.1, -0.05) is 48.5 Å².